The van der Waals surface area contributed by atoms with Gasteiger partial charge in [-0.25, -0.2) is 0 Å². The van der Waals surface area contributed by atoms with Crippen molar-refractivity contribution in [3.05, 3.63) is 0 Å². The predicted molar refractivity (Wildman–Crippen MR) is 32.8 cm³/mol. The standard InChI is InChI=1S/C5H10OS/c7-3-1-2-5-4-6-5/h5,7H,1-4H2. The third kappa shape index (κ3) is 2.19. The molecule has 1 unspecified atom stereocenters. The second kappa shape index (κ2) is 2.58. The molecule has 1 nitrogen and oxygen atoms in total. The third-order valence-electron chi connectivity index (χ3n) is 1.09. The molecular weight excluding hydrogens is 108 g/mol. The molecule has 1 atom stereocenters. The van der Waals surface area contributed by atoms with Crippen LogP contribution in [0.4, 0.5) is 0 Å². The minimum atomic E-state index is 0.604. The minimum Gasteiger partial charge on any atom is -0.373 e. The van der Waals surface area contributed by atoms with E-state index in [4.69, 9.17) is 4.74 Å². The summed E-state index contributed by atoms with van der Waals surface area (Å²) in [4.78, 5) is 0. The lowest BCUT2D eigenvalue weighted by molar-refractivity contribution is 0.395. The Balaban J connectivity index is 1.80. The van der Waals surface area contributed by atoms with Gasteiger partial charge in [0.1, 0.15) is 0 Å². The molecule has 1 aliphatic heterocycles. The molecule has 0 bridgehead atoms. The highest BCUT2D eigenvalue weighted by Gasteiger charge is 2.20. The molecule has 0 aliphatic carbocycles. The first-order valence-electron chi connectivity index (χ1n) is 2.66. The summed E-state index contributed by atoms with van der Waals surface area (Å²) in [6.07, 6.45) is 3.02. The minimum absolute atomic E-state index is 0.604. The Morgan fingerprint density at radius 2 is 2.43 bits per heavy atom. The molecule has 2 heteroatoms. The summed E-state index contributed by atoms with van der Waals surface area (Å²) >= 11 is 4.07. The Labute approximate surface area is 49.5 Å². The van der Waals surface area contributed by atoms with Crippen molar-refractivity contribution in [2.75, 3.05) is 12.4 Å². The average Bonchev–Trinajstić information content (AvgIpc) is 2.42. The van der Waals surface area contributed by atoms with Gasteiger partial charge in [-0.15, -0.1) is 0 Å². The van der Waals surface area contributed by atoms with E-state index in [0.717, 1.165) is 12.4 Å². The number of ether oxygens (including phenoxy) is 1. The van der Waals surface area contributed by atoms with E-state index in [1.54, 1.807) is 0 Å². The Morgan fingerprint density at radius 1 is 1.71 bits per heavy atom. The zero-order valence-corrected chi connectivity index (χ0v) is 5.16. The van der Waals surface area contributed by atoms with Crippen molar-refractivity contribution in [2.45, 2.75) is 18.9 Å². The Hall–Kier alpha value is 0.310. The maximum Gasteiger partial charge on any atom is 0.0810 e. The Morgan fingerprint density at radius 3 is 2.86 bits per heavy atom. The summed E-state index contributed by atoms with van der Waals surface area (Å²) in [5.41, 5.74) is 0. The molecule has 42 valence electrons. The lowest BCUT2D eigenvalue weighted by Crippen LogP contribution is -1.84. The van der Waals surface area contributed by atoms with E-state index in [2.05, 4.69) is 12.6 Å². The highest BCUT2D eigenvalue weighted by atomic mass is 32.1. The van der Waals surface area contributed by atoms with Gasteiger partial charge >= 0.3 is 0 Å². The molecule has 0 aromatic rings. The molecule has 0 N–H and O–H groups in total. The van der Waals surface area contributed by atoms with Gasteiger partial charge in [-0.2, -0.15) is 12.6 Å². The maximum atomic E-state index is 4.98. The molecule has 0 amide bonds. The SMILES string of the molecule is SCCCC1CO1. The molecule has 1 rings (SSSR count). The fourth-order valence-electron chi connectivity index (χ4n) is 0.554. The second-order valence-corrected chi connectivity index (χ2v) is 2.27. The highest BCUT2D eigenvalue weighted by molar-refractivity contribution is 7.80. The van der Waals surface area contributed by atoms with Gasteiger partial charge in [-0.05, 0) is 18.6 Å². The summed E-state index contributed by atoms with van der Waals surface area (Å²) in [6, 6.07) is 0. The van der Waals surface area contributed by atoms with Crippen LogP contribution in [-0.2, 0) is 4.74 Å². The molecule has 0 aromatic heterocycles. The smallest absolute Gasteiger partial charge is 0.0810 e. The van der Waals surface area contributed by atoms with Crippen LogP contribution in [-0.4, -0.2) is 18.5 Å². The number of thiol groups is 1. The van der Waals surface area contributed by atoms with Crippen LogP contribution in [0.3, 0.4) is 0 Å². The molecule has 1 saturated heterocycles. The largest absolute Gasteiger partial charge is 0.373 e. The van der Waals surface area contributed by atoms with Crippen molar-refractivity contribution in [1.29, 1.82) is 0 Å². The van der Waals surface area contributed by atoms with Crippen molar-refractivity contribution in [2.24, 2.45) is 0 Å². The van der Waals surface area contributed by atoms with E-state index in [0.29, 0.717) is 6.10 Å². The fraction of sp³-hybridized carbons (Fsp3) is 1.00. The van der Waals surface area contributed by atoms with Crippen LogP contribution in [0.1, 0.15) is 12.8 Å². The lowest BCUT2D eigenvalue weighted by atomic mass is 10.3. The van der Waals surface area contributed by atoms with E-state index < -0.39 is 0 Å². The number of rotatable bonds is 3. The van der Waals surface area contributed by atoms with Crippen LogP contribution >= 0.6 is 12.6 Å². The first kappa shape index (κ1) is 5.45. The number of hydrogen-bond donors (Lipinski definition) is 1. The van der Waals surface area contributed by atoms with Gasteiger partial charge in [0.05, 0.1) is 12.7 Å². The van der Waals surface area contributed by atoms with Gasteiger partial charge in [0, 0.05) is 0 Å². The second-order valence-electron chi connectivity index (χ2n) is 1.82. The van der Waals surface area contributed by atoms with Crippen LogP contribution in [0.25, 0.3) is 0 Å². The van der Waals surface area contributed by atoms with E-state index in [9.17, 15) is 0 Å². The summed E-state index contributed by atoms with van der Waals surface area (Å²) in [6.45, 7) is 0.994. The molecule has 1 aliphatic rings. The lowest BCUT2D eigenvalue weighted by Gasteiger charge is -1.86. The quantitative estimate of drug-likeness (QED) is 0.432. The van der Waals surface area contributed by atoms with Gasteiger partial charge in [0.25, 0.3) is 0 Å². The van der Waals surface area contributed by atoms with Gasteiger partial charge in [0.2, 0.25) is 0 Å². The van der Waals surface area contributed by atoms with Crippen LogP contribution < -0.4 is 0 Å². The van der Waals surface area contributed by atoms with Crippen LogP contribution in [0.5, 0.6) is 0 Å². The summed E-state index contributed by atoms with van der Waals surface area (Å²) in [5.74, 6) is 1.000. The van der Waals surface area contributed by atoms with Crippen molar-refractivity contribution >= 4 is 12.6 Å². The van der Waals surface area contributed by atoms with E-state index in [-0.39, 0.29) is 0 Å². The maximum absolute atomic E-state index is 4.98. The van der Waals surface area contributed by atoms with Gasteiger partial charge in [-0.1, -0.05) is 0 Å². The summed E-state index contributed by atoms with van der Waals surface area (Å²) in [5, 5.41) is 0. The topological polar surface area (TPSA) is 12.5 Å². The summed E-state index contributed by atoms with van der Waals surface area (Å²) < 4.78 is 4.98. The normalized spacial score (nSPS) is 27.9. The van der Waals surface area contributed by atoms with Crippen molar-refractivity contribution in [3.8, 4) is 0 Å². The first-order valence-corrected chi connectivity index (χ1v) is 3.29. The molecule has 0 saturated carbocycles. The monoisotopic (exact) mass is 118 g/mol. The van der Waals surface area contributed by atoms with Crippen molar-refractivity contribution in [1.82, 2.24) is 0 Å². The molecule has 0 radical (unpaired) electrons. The van der Waals surface area contributed by atoms with E-state index in [1.165, 1.54) is 12.8 Å². The van der Waals surface area contributed by atoms with E-state index >= 15 is 0 Å². The van der Waals surface area contributed by atoms with Crippen LogP contribution in [0, 0.1) is 0 Å². The molecule has 1 fully saturated rings. The average molecular weight is 118 g/mol. The molecular formula is C5H10OS. The highest BCUT2D eigenvalue weighted by Crippen LogP contribution is 2.14. The summed E-state index contributed by atoms with van der Waals surface area (Å²) in [7, 11) is 0. The molecule has 0 aromatic carbocycles. The van der Waals surface area contributed by atoms with Crippen molar-refractivity contribution in [3.63, 3.8) is 0 Å². The van der Waals surface area contributed by atoms with Gasteiger partial charge in [0.15, 0.2) is 0 Å². The third-order valence-corrected chi connectivity index (χ3v) is 1.40. The zero-order chi connectivity index (χ0) is 5.11. The number of epoxide rings is 1. The Bertz CT molecular complexity index is 52.0. The number of hydrogen-bond acceptors (Lipinski definition) is 2. The van der Waals surface area contributed by atoms with Gasteiger partial charge < -0.3 is 4.74 Å². The molecule has 0 spiro atoms. The molecule has 7 heavy (non-hydrogen) atoms. The van der Waals surface area contributed by atoms with Crippen LogP contribution in [0.2, 0.25) is 0 Å². The predicted octanol–water partition coefficient (Wildman–Crippen LogP) is 1.10. The zero-order valence-electron chi connectivity index (χ0n) is 4.26. The Kier molecular flexibility index (Phi) is 2.00. The molecule has 1 heterocycles. The van der Waals surface area contributed by atoms with Crippen LogP contribution in [0.15, 0.2) is 0 Å². The first-order chi connectivity index (χ1) is 3.43. The van der Waals surface area contributed by atoms with E-state index in [1.807, 2.05) is 0 Å². The van der Waals surface area contributed by atoms with Gasteiger partial charge in [-0.3, -0.25) is 0 Å². The van der Waals surface area contributed by atoms with Crippen molar-refractivity contribution < 1.29 is 4.74 Å². The fourth-order valence-corrected chi connectivity index (χ4v) is 0.736.